The second-order valence-electron chi connectivity index (χ2n) is 4.72. The average Bonchev–Trinajstić information content (AvgIpc) is 2.98. The van der Waals surface area contributed by atoms with Gasteiger partial charge in [0, 0.05) is 11.6 Å². The van der Waals surface area contributed by atoms with E-state index in [1.165, 1.54) is 5.56 Å². The molecule has 0 saturated carbocycles. The molecular weight excluding hydrogens is 262 g/mol. The molecule has 0 radical (unpaired) electrons. The van der Waals surface area contributed by atoms with Crippen molar-refractivity contribution in [1.29, 1.82) is 5.26 Å². The van der Waals surface area contributed by atoms with E-state index in [0.29, 0.717) is 17.1 Å². The van der Waals surface area contributed by atoms with Crippen molar-refractivity contribution in [2.45, 2.75) is 6.92 Å². The van der Waals surface area contributed by atoms with Crippen LogP contribution in [0.5, 0.6) is 11.5 Å². The van der Waals surface area contributed by atoms with Gasteiger partial charge < -0.3 is 9.15 Å². The van der Waals surface area contributed by atoms with Crippen LogP contribution in [-0.4, -0.2) is 0 Å². The fraction of sp³-hybridized carbons (Fsp3) is 0.0556. The van der Waals surface area contributed by atoms with Crippen molar-refractivity contribution < 1.29 is 9.15 Å². The molecule has 1 aromatic heterocycles. The molecule has 0 aliphatic carbocycles. The first-order chi connectivity index (χ1) is 10.3. The van der Waals surface area contributed by atoms with E-state index in [4.69, 9.17) is 14.4 Å². The van der Waals surface area contributed by atoms with Gasteiger partial charge in [0.15, 0.2) is 11.5 Å². The minimum absolute atomic E-state index is 0.617. The average molecular weight is 275 g/mol. The van der Waals surface area contributed by atoms with Crippen molar-refractivity contribution in [3.63, 3.8) is 0 Å². The zero-order valence-corrected chi connectivity index (χ0v) is 11.5. The zero-order valence-electron chi connectivity index (χ0n) is 11.5. The maximum Gasteiger partial charge on any atom is 0.176 e. The molecule has 21 heavy (non-hydrogen) atoms. The number of nitriles is 1. The van der Waals surface area contributed by atoms with Gasteiger partial charge in [-0.15, -0.1) is 0 Å². The SMILES string of the molecule is Cc1ccc(Oc2ccoc2-c2ccc(C#N)cc2)cc1. The first-order valence-corrected chi connectivity index (χ1v) is 6.59. The van der Waals surface area contributed by atoms with Crippen LogP contribution in [0.4, 0.5) is 0 Å². The fourth-order valence-corrected chi connectivity index (χ4v) is 2.02. The molecule has 0 saturated heterocycles. The van der Waals surface area contributed by atoms with E-state index in [1.54, 1.807) is 24.5 Å². The second kappa shape index (κ2) is 5.56. The summed E-state index contributed by atoms with van der Waals surface area (Å²) in [5.74, 6) is 2.07. The zero-order chi connectivity index (χ0) is 14.7. The lowest BCUT2D eigenvalue weighted by Crippen LogP contribution is -1.85. The molecular formula is C18H13NO2. The lowest BCUT2D eigenvalue weighted by Gasteiger charge is -2.06. The molecule has 0 aliphatic heterocycles. The van der Waals surface area contributed by atoms with Gasteiger partial charge in [0.2, 0.25) is 0 Å². The van der Waals surface area contributed by atoms with Gasteiger partial charge in [0.05, 0.1) is 17.9 Å². The molecule has 3 heteroatoms. The van der Waals surface area contributed by atoms with Gasteiger partial charge >= 0.3 is 0 Å². The monoisotopic (exact) mass is 275 g/mol. The number of rotatable bonds is 3. The van der Waals surface area contributed by atoms with Crippen LogP contribution in [0.15, 0.2) is 65.3 Å². The highest BCUT2D eigenvalue weighted by atomic mass is 16.5. The Hall–Kier alpha value is -2.99. The topological polar surface area (TPSA) is 46.2 Å². The number of hydrogen-bond acceptors (Lipinski definition) is 3. The Morgan fingerprint density at radius 3 is 2.33 bits per heavy atom. The van der Waals surface area contributed by atoms with Gasteiger partial charge in [-0.1, -0.05) is 17.7 Å². The lowest BCUT2D eigenvalue weighted by atomic mass is 10.1. The van der Waals surface area contributed by atoms with Crippen LogP contribution in [0.1, 0.15) is 11.1 Å². The molecule has 102 valence electrons. The highest BCUT2D eigenvalue weighted by Crippen LogP contribution is 2.34. The van der Waals surface area contributed by atoms with Gasteiger partial charge in [0.25, 0.3) is 0 Å². The number of furan rings is 1. The lowest BCUT2D eigenvalue weighted by molar-refractivity contribution is 0.472. The van der Waals surface area contributed by atoms with Crippen LogP contribution < -0.4 is 4.74 Å². The minimum Gasteiger partial charge on any atom is -0.460 e. The number of hydrogen-bond donors (Lipinski definition) is 0. The first kappa shape index (κ1) is 13.0. The molecule has 0 spiro atoms. The van der Waals surface area contributed by atoms with Crippen LogP contribution in [0.3, 0.4) is 0 Å². The molecule has 0 fully saturated rings. The van der Waals surface area contributed by atoms with Crippen molar-refractivity contribution in [3.8, 4) is 28.9 Å². The normalized spacial score (nSPS) is 10.1. The standard InChI is InChI=1S/C18H13NO2/c1-13-2-8-16(9-3-13)21-17-10-11-20-18(17)15-6-4-14(12-19)5-7-15/h2-11H,1H3. The summed E-state index contributed by atoms with van der Waals surface area (Å²) < 4.78 is 11.4. The predicted molar refractivity (Wildman–Crippen MR) is 80.1 cm³/mol. The summed E-state index contributed by atoms with van der Waals surface area (Å²) in [6, 6.07) is 18.9. The molecule has 3 rings (SSSR count). The van der Waals surface area contributed by atoms with Gasteiger partial charge in [-0.05, 0) is 43.3 Å². The van der Waals surface area contributed by atoms with Crippen LogP contribution in [0.25, 0.3) is 11.3 Å². The number of benzene rings is 2. The molecule has 0 atom stereocenters. The molecule has 0 aliphatic rings. The quantitative estimate of drug-likeness (QED) is 0.681. The Morgan fingerprint density at radius 1 is 0.952 bits per heavy atom. The van der Waals surface area contributed by atoms with Gasteiger partial charge in [-0.3, -0.25) is 0 Å². The summed E-state index contributed by atoms with van der Waals surface area (Å²) in [6.07, 6.45) is 1.59. The molecule has 1 heterocycles. The minimum atomic E-state index is 0.617. The highest BCUT2D eigenvalue weighted by molar-refractivity contribution is 5.65. The molecule has 0 amide bonds. The summed E-state index contributed by atoms with van der Waals surface area (Å²) in [4.78, 5) is 0. The predicted octanol–water partition coefficient (Wildman–Crippen LogP) is 4.92. The highest BCUT2D eigenvalue weighted by Gasteiger charge is 2.11. The van der Waals surface area contributed by atoms with Gasteiger partial charge in [-0.2, -0.15) is 5.26 Å². The summed E-state index contributed by atoms with van der Waals surface area (Å²) >= 11 is 0. The largest absolute Gasteiger partial charge is 0.460 e. The maximum absolute atomic E-state index is 8.83. The van der Waals surface area contributed by atoms with Crippen molar-refractivity contribution >= 4 is 0 Å². The third kappa shape index (κ3) is 2.80. The van der Waals surface area contributed by atoms with Gasteiger partial charge in [0.1, 0.15) is 5.75 Å². The smallest absolute Gasteiger partial charge is 0.176 e. The number of ether oxygens (including phenoxy) is 1. The Bertz CT molecular complexity index is 777. The Labute approximate surface area is 123 Å². The Morgan fingerprint density at radius 2 is 1.67 bits per heavy atom. The molecule has 0 unspecified atom stereocenters. The van der Waals surface area contributed by atoms with Crippen LogP contribution in [0, 0.1) is 18.3 Å². The van der Waals surface area contributed by atoms with Crippen molar-refractivity contribution in [2.75, 3.05) is 0 Å². The summed E-state index contributed by atoms with van der Waals surface area (Å²) in [6.45, 7) is 2.03. The van der Waals surface area contributed by atoms with E-state index in [-0.39, 0.29) is 0 Å². The van der Waals surface area contributed by atoms with E-state index >= 15 is 0 Å². The molecule has 0 N–H and O–H groups in total. The second-order valence-corrected chi connectivity index (χ2v) is 4.72. The Balaban J connectivity index is 1.89. The maximum atomic E-state index is 8.83. The van der Waals surface area contributed by atoms with Crippen LogP contribution >= 0.6 is 0 Å². The molecule has 0 bridgehead atoms. The van der Waals surface area contributed by atoms with Crippen LogP contribution in [-0.2, 0) is 0 Å². The van der Waals surface area contributed by atoms with E-state index < -0.39 is 0 Å². The summed E-state index contributed by atoms with van der Waals surface area (Å²) in [7, 11) is 0. The van der Waals surface area contributed by atoms with Crippen LogP contribution in [0.2, 0.25) is 0 Å². The summed E-state index contributed by atoms with van der Waals surface area (Å²) in [5, 5.41) is 8.83. The third-order valence-electron chi connectivity index (χ3n) is 3.15. The molecule has 3 nitrogen and oxygen atoms in total. The van der Waals surface area contributed by atoms with Crippen molar-refractivity contribution in [1.82, 2.24) is 0 Å². The van der Waals surface area contributed by atoms with E-state index in [0.717, 1.165) is 11.3 Å². The number of aryl methyl sites for hydroxylation is 1. The first-order valence-electron chi connectivity index (χ1n) is 6.59. The Kier molecular flexibility index (Phi) is 3.44. The number of nitrogens with zero attached hydrogens (tertiary/aromatic N) is 1. The molecule has 2 aromatic carbocycles. The van der Waals surface area contributed by atoms with Crippen molar-refractivity contribution in [3.05, 3.63) is 72.0 Å². The van der Waals surface area contributed by atoms with E-state index in [9.17, 15) is 0 Å². The fourth-order valence-electron chi connectivity index (χ4n) is 2.02. The van der Waals surface area contributed by atoms with Gasteiger partial charge in [-0.25, -0.2) is 0 Å². The van der Waals surface area contributed by atoms with Crippen molar-refractivity contribution in [2.24, 2.45) is 0 Å². The van der Waals surface area contributed by atoms with E-state index in [1.807, 2.05) is 43.3 Å². The van der Waals surface area contributed by atoms with E-state index in [2.05, 4.69) is 6.07 Å². The molecule has 3 aromatic rings. The summed E-state index contributed by atoms with van der Waals surface area (Å²) in [5.41, 5.74) is 2.68. The third-order valence-corrected chi connectivity index (χ3v) is 3.15.